The predicted octanol–water partition coefficient (Wildman–Crippen LogP) is 5.90. The van der Waals surface area contributed by atoms with Crippen molar-refractivity contribution in [2.24, 2.45) is 0 Å². The Hall–Kier alpha value is -0.990. The molecule has 0 unspecified atom stereocenters. The molecule has 1 aromatic carbocycles. The van der Waals surface area contributed by atoms with Crippen LogP contribution in [0.15, 0.2) is 30.3 Å². The molecular weight excluding hydrogens is 440 g/mol. The Morgan fingerprint density at radius 1 is 0.939 bits per heavy atom. The van der Waals surface area contributed by atoms with Crippen LogP contribution >= 0.6 is 0 Å². The van der Waals surface area contributed by atoms with E-state index in [4.69, 9.17) is 13.7 Å². The van der Waals surface area contributed by atoms with E-state index >= 15 is 0 Å². The van der Waals surface area contributed by atoms with Gasteiger partial charge in [-0.05, 0) is 6.42 Å². The van der Waals surface area contributed by atoms with Gasteiger partial charge >= 0.3 is 0 Å². The fraction of sp³-hybridized carbons (Fsp3) is 0.769. The maximum absolute atomic E-state index is 11.7. The monoisotopic (exact) mass is 484 g/mol. The Balaban J connectivity index is 1.70. The molecule has 0 saturated carbocycles. The zero-order chi connectivity index (χ0) is 23.9. The first-order valence-corrected chi connectivity index (χ1v) is 14.6. The van der Waals surface area contributed by atoms with Crippen molar-refractivity contribution in [2.45, 2.75) is 115 Å². The highest BCUT2D eigenvalue weighted by atomic mass is 32.2. The van der Waals surface area contributed by atoms with Crippen LogP contribution in [0, 0.1) is 0 Å². The molecule has 0 spiro atoms. The molecule has 1 N–H and O–H groups in total. The molecule has 1 aliphatic rings. The Labute approximate surface area is 201 Å². The molecule has 190 valence electrons. The molecule has 2 rings (SSSR count). The van der Waals surface area contributed by atoms with E-state index in [-0.39, 0.29) is 6.61 Å². The summed E-state index contributed by atoms with van der Waals surface area (Å²) in [5, 5.41) is 10.8. The van der Waals surface area contributed by atoms with Gasteiger partial charge in [-0.1, -0.05) is 114 Å². The largest absolute Gasteiger partial charge is 0.390 e. The van der Waals surface area contributed by atoms with Crippen molar-refractivity contribution < 1.29 is 27.2 Å². The number of benzene rings is 1. The van der Waals surface area contributed by atoms with Crippen molar-refractivity contribution in [2.75, 3.05) is 12.9 Å². The van der Waals surface area contributed by atoms with Crippen LogP contribution in [-0.2, 0) is 23.8 Å². The highest BCUT2D eigenvalue weighted by Gasteiger charge is 2.39. The van der Waals surface area contributed by atoms with Gasteiger partial charge in [-0.2, -0.15) is 8.42 Å². The van der Waals surface area contributed by atoms with Crippen molar-refractivity contribution in [3.8, 4) is 0 Å². The number of unbranched alkanes of at least 4 members (excludes halogenated alkanes) is 11. The lowest BCUT2D eigenvalue weighted by atomic mass is 9.99. The third-order valence-corrected chi connectivity index (χ3v) is 6.76. The first kappa shape index (κ1) is 28.2. The van der Waals surface area contributed by atoms with Gasteiger partial charge < -0.3 is 14.6 Å². The van der Waals surface area contributed by atoms with Gasteiger partial charge in [-0.25, -0.2) is 0 Å². The molecule has 0 aromatic heterocycles. The second-order valence-corrected chi connectivity index (χ2v) is 10.9. The van der Waals surface area contributed by atoms with Crippen LogP contribution in [0.25, 0.3) is 0 Å². The van der Waals surface area contributed by atoms with Gasteiger partial charge in [0.1, 0.15) is 12.2 Å². The molecule has 4 atom stereocenters. The van der Waals surface area contributed by atoms with E-state index in [9.17, 15) is 13.5 Å². The van der Waals surface area contributed by atoms with Gasteiger partial charge in [-0.15, -0.1) is 0 Å². The number of aliphatic hydroxyl groups is 1. The topological polar surface area (TPSA) is 82.1 Å². The van der Waals surface area contributed by atoms with Crippen LogP contribution in [0.1, 0.15) is 102 Å². The normalized spacial score (nSPS) is 22.3. The second-order valence-electron chi connectivity index (χ2n) is 9.26. The lowest BCUT2D eigenvalue weighted by Crippen LogP contribution is -2.49. The molecule has 1 fully saturated rings. The van der Waals surface area contributed by atoms with E-state index in [1.807, 2.05) is 30.3 Å². The first-order chi connectivity index (χ1) is 15.9. The van der Waals surface area contributed by atoms with Gasteiger partial charge in [-0.3, -0.25) is 4.18 Å². The minimum atomic E-state index is -3.69. The third kappa shape index (κ3) is 11.8. The Kier molecular flexibility index (Phi) is 13.5. The Bertz CT molecular complexity index is 724. The molecule has 6 nitrogen and oxygen atoms in total. The Morgan fingerprint density at radius 3 is 2.03 bits per heavy atom. The van der Waals surface area contributed by atoms with Crippen LogP contribution < -0.4 is 0 Å². The van der Waals surface area contributed by atoms with Gasteiger partial charge in [0.2, 0.25) is 0 Å². The maximum Gasteiger partial charge on any atom is 0.264 e. The molecule has 1 aromatic rings. The van der Waals surface area contributed by atoms with E-state index in [1.165, 1.54) is 57.8 Å². The van der Waals surface area contributed by atoms with Gasteiger partial charge in [0, 0.05) is 5.56 Å². The minimum absolute atomic E-state index is 0.0484. The maximum atomic E-state index is 11.7. The molecule has 0 amide bonds. The van der Waals surface area contributed by atoms with Crippen molar-refractivity contribution in [3.63, 3.8) is 0 Å². The number of hydrogen-bond acceptors (Lipinski definition) is 6. The highest BCUT2D eigenvalue weighted by Crippen LogP contribution is 2.31. The molecule has 1 heterocycles. The zero-order valence-corrected chi connectivity index (χ0v) is 21.3. The lowest BCUT2D eigenvalue weighted by Gasteiger charge is -2.38. The van der Waals surface area contributed by atoms with E-state index in [2.05, 4.69) is 6.92 Å². The van der Waals surface area contributed by atoms with Gasteiger partial charge in [0.25, 0.3) is 10.1 Å². The summed E-state index contributed by atoms with van der Waals surface area (Å²) in [5.41, 5.74) is 0.831. The summed E-state index contributed by atoms with van der Waals surface area (Å²) in [6, 6.07) is 9.45. The smallest absolute Gasteiger partial charge is 0.264 e. The molecule has 1 saturated heterocycles. The van der Waals surface area contributed by atoms with Crippen LogP contribution in [0.4, 0.5) is 0 Å². The van der Waals surface area contributed by atoms with E-state index in [0.29, 0.717) is 6.42 Å². The van der Waals surface area contributed by atoms with E-state index in [0.717, 1.165) is 31.1 Å². The highest BCUT2D eigenvalue weighted by molar-refractivity contribution is 7.86. The average molecular weight is 485 g/mol. The summed E-state index contributed by atoms with van der Waals surface area (Å²) >= 11 is 0. The van der Waals surface area contributed by atoms with Crippen LogP contribution in [0.3, 0.4) is 0 Å². The van der Waals surface area contributed by atoms with Crippen molar-refractivity contribution in [1.82, 2.24) is 0 Å². The van der Waals surface area contributed by atoms with E-state index in [1.54, 1.807) is 0 Å². The van der Waals surface area contributed by atoms with Crippen molar-refractivity contribution in [3.05, 3.63) is 35.9 Å². The predicted molar refractivity (Wildman–Crippen MR) is 131 cm³/mol. The summed E-state index contributed by atoms with van der Waals surface area (Å²) in [5.74, 6) is 0. The number of rotatable bonds is 17. The van der Waals surface area contributed by atoms with Crippen LogP contribution in [0.2, 0.25) is 0 Å². The summed E-state index contributed by atoms with van der Waals surface area (Å²) in [7, 11) is -3.69. The molecule has 7 heteroatoms. The fourth-order valence-corrected chi connectivity index (χ4v) is 4.95. The number of hydrogen-bond donors (Lipinski definition) is 1. The summed E-state index contributed by atoms with van der Waals surface area (Å²) in [6.07, 6.45) is 13.5. The molecule has 0 bridgehead atoms. The zero-order valence-electron chi connectivity index (χ0n) is 20.5. The molecule has 0 aliphatic carbocycles. The minimum Gasteiger partial charge on any atom is -0.390 e. The van der Waals surface area contributed by atoms with Crippen molar-refractivity contribution in [1.29, 1.82) is 0 Å². The summed E-state index contributed by atoms with van der Waals surface area (Å²) in [4.78, 5) is 0. The lowest BCUT2D eigenvalue weighted by molar-refractivity contribution is -0.270. The standard InChI is InChI=1S/C26H44O6S/c1-3-4-5-6-7-8-9-10-11-12-13-17-20-23(27)25-24(32-33(2,28)29)21-30-26(31-25)22-18-15-14-16-19-22/h14-16,18-19,23-27H,3-13,17,20-21H2,1-2H3/t23-,24-,25-,26+/m1/s1. The molecule has 0 radical (unpaired) electrons. The third-order valence-electron chi connectivity index (χ3n) is 6.16. The molecule has 33 heavy (non-hydrogen) atoms. The van der Waals surface area contributed by atoms with Gasteiger partial charge in [0.05, 0.1) is 19.0 Å². The number of ether oxygens (including phenoxy) is 2. The second kappa shape index (κ2) is 15.8. The summed E-state index contributed by atoms with van der Waals surface area (Å²) in [6.45, 7) is 2.30. The van der Waals surface area contributed by atoms with Crippen LogP contribution in [-0.4, -0.2) is 44.7 Å². The van der Waals surface area contributed by atoms with E-state index < -0.39 is 34.7 Å². The molecular formula is C26H44O6S. The SMILES string of the molecule is CCCCCCCCCCCCCC[C@@H](O)[C@H]1O[C@@H](c2ccccc2)OC[C@H]1OS(C)(=O)=O. The Morgan fingerprint density at radius 2 is 1.48 bits per heavy atom. The quantitative estimate of drug-likeness (QED) is 0.219. The first-order valence-electron chi connectivity index (χ1n) is 12.8. The number of aliphatic hydroxyl groups excluding tert-OH is 1. The molecule has 1 aliphatic heterocycles. The summed E-state index contributed by atoms with van der Waals surface area (Å²) < 4.78 is 40.2. The average Bonchev–Trinajstić information content (AvgIpc) is 2.79. The fourth-order valence-electron chi connectivity index (χ4n) is 4.34. The van der Waals surface area contributed by atoms with Crippen LogP contribution in [0.5, 0.6) is 0 Å². The van der Waals surface area contributed by atoms with Crippen molar-refractivity contribution >= 4 is 10.1 Å². The van der Waals surface area contributed by atoms with Gasteiger partial charge in [0.15, 0.2) is 6.29 Å².